The molecule has 2 aromatic carbocycles. The first-order valence-corrected chi connectivity index (χ1v) is 8.71. The summed E-state index contributed by atoms with van der Waals surface area (Å²) < 4.78 is 0. The molecule has 0 aliphatic rings. The molecule has 3 rings (SSSR count). The minimum atomic E-state index is -0.386. The number of hydrazine groups is 1. The van der Waals surface area contributed by atoms with Crippen LogP contribution in [0.3, 0.4) is 0 Å². The standard InChI is InChI=1S/C20H18ClN3O2/c1-2-5-19(25)23-24-20(26)16-12-18(13-8-10-14(21)11-9-13)22-17-7-4-3-6-15(16)17/h3-4,6-12H,2,5H2,1H3,(H,23,25)(H,24,26). The molecule has 26 heavy (non-hydrogen) atoms. The summed E-state index contributed by atoms with van der Waals surface area (Å²) >= 11 is 5.95. The van der Waals surface area contributed by atoms with Gasteiger partial charge in [-0.05, 0) is 30.7 Å². The molecule has 6 heteroatoms. The predicted molar refractivity (Wildman–Crippen MR) is 103 cm³/mol. The Hall–Kier alpha value is -2.92. The fraction of sp³-hybridized carbons (Fsp3) is 0.150. The quantitative estimate of drug-likeness (QED) is 0.681. The van der Waals surface area contributed by atoms with Crippen LogP contribution in [-0.4, -0.2) is 16.8 Å². The number of nitrogens with one attached hydrogen (secondary N) is 2. The predicted octanol–water partition coefficient (Wildman–Crippen LogP) is 4.12. The highest BCUT2D eigenvalue weighted by Crippen LogP contribution is 2.25. The van der Waals surface area contributed by atoms with Crippen LogP contribution < -0.4 is 10.9 Å². The van der Waals surface area contributed by atoms with Gasteiger partial charge in [0.15, 0.2) is 0 Å². The van der Waals surface area contributed by atoms with Gasteiger partial charge in [-0.25, -0.2) is 4.98 Å². The highest BCUT2D eigenvalue weighted by atomic mass is 35.5. The van der Waals surface area contributed by atoms with Gasteiger partial charge in [0, 0.05) is 22.4 Å². The Kier molecular flexibility index (Phi) is 5.49. The molecule has 2 amide bonds. The molecule has 0 bridgehead atoms. The summed E-state index contributed by atoms with van der Waals surface area (Å²) in [5, 5.41) is 1.35. The Morgan fingerprint density at radius 1 is 1.04 bits per heavy atom. The van der Waals surface area contributed by atoms with Crippen molar-refractivity contribution in [1.82, 2.24) is 15.8 Å². The molecule has 0 aliphatic heterocycles. The van der Waals surface area contributed by atoms with Gasteiger partial charge in [-0.15, -0.1) is 0 Å². The first-order chi connectivity index (χ1) is 12.6. The topological polar surface area (TPSA) is 71.1 Å². The molecule has 0 aliphatic carbocycles. The van der Waals surface area contributed by atoms with E-state index in [0.717, 1.165) is 5.56 Å². The minimum absolute atomic E-state index is 0.225. The molecule has 0 fully saturated rings. The lowest BCUT2D eigenvalue weighted by Gasteiger charge is -2.11. The van der Waals surface area contributed by atoms with Crippen molar-refractivity contribution in [3.63, 3.8) is 0 Å². The summed E-state index contributed by atoms with van der Waals surface area (Å²) in [6.07, 6.45) is 1.06. The summed E-state index contributed by atoms with van der Waals surface area (Å²) in [7, 11) is 0. The highest BCUT2D eigenvalue weighted by Gasteiger charge is 2.14. The number of nitrogens with zero attached hydrogens (tertiary/aromatic N) is 1. The van der Waals surface area contributed by atoms with E-state index in [1.165, 1.54) is 0 Å². The number of hydrogen-bond acceptors (Lipinski definition) is 3. The first kappa shape index (κ1) is 17.9. The fourth-order valence-electron chi connectivity index (χ4n) is 2.62. The monoisotopic (exact) mass is 367 g/mol. The third kappa shape index (κ3) is 4.00. The van der Waals surface area contributed by atoms with Crippen LogP contribution >= 0.6 is 11.6 Å². The second kappa shape index (κ2) is 7.97. The SMILES string of the molecule is CCCC(=O)NNC(=O)c1cc(-c2ccc(Cl)cc2)nc2ccccc12. The maximum Gasteiger partial charge on any atom is 0.270 e. The van der Waals surface area contributed by atoms with Crippen molar-refractivity contribution in [2.75, 3.05) is 0 Å². The van der Waals surface area contributed by atoms with Gasteiger partial charge in [0.05, 0.1) is 16.8 Å². The Bertz CT molecular complexity index is 955. The second-order valence-electron chi connectivity index (χ2n) is 5.83. The molecular formula is C20H18ClN3O2. The lowest BCUT2D eigenvalue weighted by atomic mass is 10.0. The van der Waals surface area contributed by atoms with Gasteiger partial charge in [-0.1, -0.05) is 48.9 Å². The van der Waals surface area contributed by atoms with E-state index in [-0.39, 0.29) is 11.8 Å². The van der Waals surface area contributed by atoms with E-state index in [1.807, 2.05) is 43.3 Å². The Morgan fingerprint density at radius 3 is 2.50 bits per heavy atom. The molecule has 0 saturated heterocycles. The van der Waals surface area contributed by atoms with Gasteiger partial charge < -0.3 is 0 Å². The largest absolute Gasteiger partial charge is 0.273 e. The number of amides is 2. The number of rotatable bonds is 4. The zero-order valence-electron chi connectivity index (χ0n) is 14.3. The highest BCUT2D eigenvalue weighted by molar-refractivity contribution is 6.30. The van der Waals surface area contributed by atoms with E-state index in [9.17, 15) is 9.59 Å². The van der Waals surface area contributed by atoms with Crippen molar-refractivity contribution >= 4 is 34.3 Å². The Labute approximate surface area is 156 Å². The van der Waals surface area contributed by atoms with Crippen molar-refractivity contribution in [1.29, 1.82) is 0 Å². The molecule has 1 heterocycles. The van der Waals surface area contributed by atoms with Crippen LogP contribution in [0.25, 0.3) is 22.2 Å². The van der Waals surface area contributed by atoms with Gasteiger partial charge in [-0.3, -0.25) is 20.4 Å². The molecule has 132 valence electrons. The number of pyridine rings is 1. The van der Waals surface area contributed by atoms with Crippen molar-refractivity contribution in [3.8, 4) is 11.3 Å². The average molecular weight is 368 g/mol. The van der Waals surface area contributed by atoms with Crippen molar-refractivity contribution in [2.24, 2.45) is 0 Å². The Morgan fingerprint density at radius 2 is 1.77 bits per heavy atom. The van der Waals surface area contributed by atoms with Gasteiger partial charge in [0.25, 0.3) is 5.91 Å². The molecule has 0 spiro atoms. The molecule has 3 aromatic rings. The van der Waals surface area contributed by atoms with Crippen LogP contribution in [-0.2, 0) is 4.79 Å². The van der Waals surface area contributed by atoms with Gasteiger partial charge in [-0.2, -0.15) is 0 Å². The van der Waals surface area contributed by atoms with E-state index < -0.39 is 0 Å². The number of carbonyl (C=O) groups is 2. The molecule has 5 nitrogen and oxygen atoms in total. The zero-order valence-corrected chi connectivity index (χ0v) is 15.0. The molecule has 0 radical (unpaired) electrons. The maximum atomic E-state index is 12.6. The van der Waals surface area contributed by atoms with Crippen molar-refractivity contribution < 1.29 is 9.59 Å². The van der Waals surface area contributed by atoms with Crippen LogP contribution in [0.15, 0.2) is 54.6 Å². The Balaban J connectivity index is 1.98. The normalized spacial score (nSPS) is 10.5. The minimum Gasteiger partial charge on any atom is -0.273 e. The number of carbonyl (C=O) groups excluding carboxylic acids is 2. The summed E-state index contributed by atoms with van der Waals surface area (Å²) in [5.41, 5.74) is 7.56. The number of para-hydroxylation sites is 1. The van der Waals surface area contributed by atoms with Crippen molar-refractivity contribution in [3.05, 3.63) is 65.2 Å². The summed E-state index contributed by atoms with van der Waals surface area (Å²) in [6.45, 7) is 1.90. The number of halogens is 1. The van der Waals surface area contributed by atoms with E-state index in [0.29, 0.717) is 40.0 Å². The van der Waals surface area contributed by atoms with E-state index in [1.54, 1.807) is 18.2 Å². The number of fused-ring (bicyclic) bond motifs is 1. The van der Waals surface area contributed by atoms with Crippen LogP contribution in [0, 0.1) is 0 Å². The first-order valence-electron chi connectivity index (χ1n) is 8.33. The lowest BCUT2D eigenvalue weighted by molar-refractivity contribution is -0.121. The summed E-state index contributed by atoms with van der Waals surface area (Å²) in [6, 6.07) is 16.4. The molecule has 0 saturated carbocycles. The zero-order chi connectivity index (χ0) is 18.5. The molecule has 0 atom stereocenters. The number of aromatic nitrogens is 1. The summed E-state index contributed by atoms with van der Waals surface area (Å²) in [5.74, 6) is -0.611. The van der Waals surface area contributed by atoms with Crippen molar-refractivity contribution in [2.45, 2.75) is 19.8 Å². The van der Waals surface area contributed by atoms with Crippen LogP contribution in [0.1, 0.15) is 30.1 Å². The maximum absolute atomic E-state index is 12.6. The molecule has 1 aromatic heterocycles. The van der Waals surface area contributed by atoms with Gasteiger partial charge in [0.1, 0.15) is 0 Å². The summed E-state index contributed by atoms with van der Waals surface area (Å²) in [4.78, 5) is 28.9. The van der Waals surface area contributed by atoms with Crippen LogP contribution in [0.2, 0.25) is 5.02 Å². The smallest absolute Gasteiger partial charge is 0.270 e. The second-order valence-corrected chi connectivity index (χ2v) is 6.27. The fourth-order valence-corrected chi connectivity index (χ4v) is 2.74. The van der Waals surface area contributed by atoms with Crippen LogP contribution in [0.4, 0.5) is 0 Å². The molecular weight excluding hydrogens is 350 g/mol. The van der Waals surface area contributed by atoms with Gasteiger partial charge >= 0.3 is 0 Å². The van der Waals surface area contributed by atoms with E-state index in [4.69, 9.17) is 11.6 Å². The number of hydrogen-bond donors (Lipinski definition) is 2. The molecule has 0 unspecified atom stereocenters. The number of benzene rings is 2. The lowest BCUT2D eigenvalue weighted by Crippen LogP contribution is -2.41. The third-order valence-electron chi connectivity index (χ3n) is 3.89. The third-order valence-corrected chi connectivity index (χ3v) is 4.15. The van der Waals surface area contributed by atoms with E-state index >= 15 is 0 Å². The van der Waals surface area contributed by atoms with Crippen LogP contribution in [0.5, 0.6) is 0 Å². The molecule has 2 N–H and O–H groups in total. The average Bonchev–Trinajstić information content (AvgIpc) is 2.66. The van der Waals surface area contributed by atoms with E-state index in [2.05, 4.69) is 15.8 Å². The van der Waals surface area contributed by atoms with Gasteiger partial charge in [0.2, 0.25) is 5.91 Å².